The van der Waals surface area contributed by atoms with E-state index in [-0.39, 0.29) is 11.5 Å². The zero-order chi connectivity index (χ0) is 13.1. The molecule has 5 heteroatoms. The molecule has 18 heavy (non-hydrogen) atoms. The van der Waals surface area contributed by atoms with Gasteiger partial charge in [0.25, 0.3) is 5.56 Å². The number of rotatable bonds is 2. The lowest BCUT2D eigenvalue weighted by atomic mass is 10.2. The summed E-state index contributed by atoms with van der Waals surface area (Å²) in [5, 5.41) is 2.60. The molecule has 1 heterocycles. The van der Waals surface area contributed by atoms with Crippen molar-refractivity contribution < 1.29 is 9.18 Å². The Balaban J connectivity index is 2.47. The van der Waals surface area contributed by atoms with Gasteiger partial charge in [-0.2, -0.15) is 0 Å². The lowest BCUT2D eigenvalue weighted by molar-refractivity contribution is -0.114. The number of pyridine rings is 1. The molecule has 0 radical (unpaired) electrons. The van der Waals surface area contributed by atoms with Gasteiger partial charge < -0.3 is 5.32 Å². The molecule has 0 saturated carbocycles. The Morgan fingerprint density at radius 2 is 2.06 bits per heavy atom. The Morgan fingerprint density at radius 3 is 2.78 bits per heavy atom. The average Bonchev–Trinajstić information content (AvgIpc) is 2.32. The average molecular weight is 246 g/mol. The van der Waals surface area contributed by atoms with Gasteiger partial charge in [-0.3, -0.25) is 14.2 Å². The van der Waals surface area contributed by atoms with E-state index in [0.29, 0.717) is 11.4 Å². The summed E-state index contributed by atoms with van der Waals surface area (Å²) >= 11 is 0. The van der Waals surface area contributed by atoms with Crippen molar-refractivity contribution in [3.05, 3.63) is 58.8 Å². The van der Waals surface area contributed by atoms with Gasteiger partial charge in [0.15, 0.2) is 0 Å². The molecule has 0 fully saturated rings. The molecular weight excluding hydrogens is 235 g/mol. The maximum absolute atomic E-state index is 13.1. The highest BCUT2D eigenvalue weighted by atomic mass is 19.1. The van der Waals surface area contributed by atoms with Gasteiger partial charge in [-0.1, -0.05) is 6.07 Å². The fourth-order valence-corrected chi connectivity index (χ4v) is 1.60. The normalized spacial score (nSPS) is 10.1. The number of hydrogen-bond donors (Lipinski definition) is 1. The van der Waals surface area contributed by atoms with Gasteiger partial charge >= 0.3 is 0 Å². The van der Waals surface area contributed by atoms with E-state index in [4.69, 9.17) is 0 Å². The quantitative estimate of drug-likeness (QED) is 0.880. The van der Waals surface area contributed by atoms with Crippen molar-refractivity contribution in [3.8, 4) is 5.69 Å². The van der Waals surface area contributed by atoms with Crippen molar-refractivity contribution in [2.75, 3.05) is 5.32 Å². The molecule has 0 aliphatic rings. The zero-order valence-electron chi connectivity index (χ0n) is 9.68. The van der Waals surface area contributed by atoms with E-state index in [1.54, 1.807) is 24.3 Å². The van der Waals surface area contributed by atoms with Crippen molar-refractivity contribution in [2.45, 2.75) is 6.92 Å². The molecule has 0 saturated heterocycles. The maximum atomic E-state index is 13.1. The summed E-state index contributed by atoms with van der Waals surface area (Å²) in [7, 11) is 0. The minimum absolute atomic E-state index is 0.210. The number of nitrogens with one attached hydrogen (secondary N) is 1. The molecule has 1 amide bonds. The lowest BCUT2D eigenvalue weighted by Gasteiger charge is -2.08. The molecule has 0 aliphatic carbocycles. The highest BCUT2D eigenvalue weighted by Crippen LogP contribution is 2.13. The van der Waals surface area contributed by atoms with Crippen molar-refractivity contribution in [1.82, 2.24) is 4.57 Å². The van der Waals surface area contributed by atoms with Crippen LogP contribution in [0, 0.1) is 5.82 Å². The number of hydrogen-bond acceptors (Lipinski definition) is 2. The van der Waals surface area contributed by atoms with Crippen molar-refractivity contribution in [1.29, 1.82) is 0 Å². The standard InChI is InChI=1S/C13H11FN2O2/c1-9(17)15-11-3-2-4-12(7-11)16-8-10(14)5-6-13(16)18/h2-8H,1H3,(H,15,17). The van der Waals surface area contributed by atoms with Gasteiger partial charge in [0.05, 0.1) is 5.69 Å². The van der Waals surface area contributed by atoms with Crippen LogP contribution in [-0.4, -0.2) is 10.5 Å². The van der Waals surface area contributed by atoms with E-state index in [1.807, 2.05) is 0 Å². The molecule has 1 N–H and O–H groups in total. The smallest absolute Gasteiger partial charge is 0.255 e. The van der Waals surface area contributed by atoms with Crippen LogP contribution < -0.4 is 10.9 Å². The summed E-state index contributed by atoms with van der Waals surface area (Å²) in [6.45, 7) is 1.39. The van der Waals surface area contributed by atoms with E-state index >= 15 is 0 Å². The largest absolute Gasteiger partial charge is 0.326 e. The fourth-order valence-electron chi connectivity index (χ4n) is 1.60. The first-order valence-electron chi connectivity index (χ1n) is 5.32. The molecule has 92 valence electrons. The highest BCUT2D eigenvalue weighted by molar-refractivity contribution is 5.88. The van der Waals surface area contributed by atoms with E-state index in [0.717, 1.165) is 18.3 Å². The number of carbonyl (C=O) groups excluding carboxylic acids is 1. The number of anilines is 1. The maximum Gasteiger partial charge on any atom is 0.255 e. The molecule has 0 unspecified atom stereocenters. The minimum atomic E-state index is -0.500. The predicted molar refractivity (Wildman–Crippen MR) is 66.3 cm³/mol. The predicted octanol–water partition coefficient (Wildman–Crippen LogP) is 1.93. The van der Waals surface area contributed by atoms with Crippen LogP contribution in [0.4, 0.5) is 10.1 Å². The lowest BCUT2D eigenvalue weighted by Crippen LogP contribution is -2.17. The summed E-state index contributed by atoms with van der Waals surface area (Å²) in [6.07, 6.45) is 1.11. The van der Waals surface area contributed by atoms with Gasteiger partial charge in [0.2, 0.25) is 5.91 Å². The first-order valence-corrected chi connectivity index (χ1v) is 5.32. The first-order chi connectivity index (χ1) is 8.56. The van der Waals surface area contributed by atoms with Crippen LogP contribution in [0.2, 0.25) is 0 Å². The molecule has 1 aromatic heterocycles. The van der Waals surface area contributed by atoms with E-state index in [1.165, 1.54) is 11.5 Å². The van der Waals surface area contributed by atoms with Crippen molar-refractivity contribution in [3.63, 3.8) is 0 Å². The molecular formula is C13H11FN2O2. The first kappa shape index (κ1) is 12.0. The number of nitrogens with zero attached hydrogens (tertiary/aromatic N) is 1. The molecule has 2 aromatic rings. The number of amides is 1. The monoisotopic (exact) mass is 246 g/mol. The van der Waals surface area contributed by atoms with Gasteiger partial charge in [0, 0.05) is 24.9 Å². The van der Waals surface area contributed by atoms with Gasteiger partial charge in [-0.15, -0.1) is 0 Å². The van der Waals surface area contributed by atoms with Crippen LogP contribution in [0.15, 0.2) is 47.4 Å². The van der Waals surface area contributed by atoms with Crippen LogP contribution in [0.25, 0.3) is 5.69 Å². The van der Waals surface area contributed by atoms with Crippen LogP contribution in [0.3, 0.4) is 0 Å². The number of aromatic nitrogens is 1. The third-order valence-corrected chi connectivity index (χ3v) is 2.32. The summed E-state index contributed by atoms with van der Waals surface area (Å²) in [4.78, 5) is 22.6. The van der Waals surface area contributed by atoms with Crippen LogP contribution >= 0.6 is 0 Å². The second kappa shape index (κ2) is 4.83. The van der Waals surface area contributed by atoms with Crippen LogP contribution in [0.5, 0.6) is 0 Å². The summed E-state index contributed by atoms with van der Waals surface area (Å²) in [5.41, 5.74) is 0.707. The molecule has 4 nitrogen and oxygen atoms in total. The number of carbonyl (C=O) groups is 1. The molecule has 1 aromatic carbocycles. The van der Waals surface area contributed by atoms with Gasteiger partial charge in [-0.25, -0.2) is 4.39 Å². The van der Waals surface area contributed by atoms with E-state index in [9.17, 15) is 14.0 Å². The molecule has 0 aliphatic heterocycles. The van der Waals surface area contributed by atoms with E-state index in [2.05, 4.69) is 5.32 Å². The highest BCUT2D eigenvalue weighted by Gasteiger charge is 2.03. The second-order valence-corrected chi connectivity index (χ2v) is 3.79. The zero-order valence-corrected chi connectivity index (χ0v) is 9.68. The minimum Gasteiger partial charge on any atom is -0.326 e. The van der Waals surface area contributed by atoms with Gasteiger partial charge in [-0.05, 0) is 24.3 Å². The Hall–Kier alpha value is -2.43. The van der Waals surface area contributed by atoms with Crippen LogP contribution in [0.1, 0.15) is 6.92 Å². The summed E-state index contributed by atoms with van der Waals surface area (Å²) < 4.78 is 14.3. The number of benzene rings is 1. The fraction of sp³-hybridized carbons (Fsp3) is 0.0769. The van der Waals surface area contributed by atoms with E-state index < -0.39 is 5.82 Å². The Morgan fingerprint density at radius 1 is 1.28 bits per heavy atom. The molecule has 0 spiro atoms. The Labute approximate surface area is 103 Å². The second-order valence-electron chi connectivity index (χ2n) is 3.79. The molecule has 2 rings (SSSR count). The van der Waals surface area contributed by atoms with Crippen LogP contribution in [-0.2, 0) is 4.79 Å². The third-order valence-electron chi connectivity index (χ3n) is 2.32. The Kier molecular flexibility index (Phi) is 3.23. The van der Waals surface area contributed by atoms with Gasteiger partial charge in [0.1, 0.15) is 5.82 Å². The topological polar surface area (TPSA) is 51.1 Å². The third kappa shape index (κ3) is 2.63. The molecule has 0 bridgehead atoms. The summed E-state index contributed by atoms with van der Waals surface area (Å²) in [6, 6.07) is 8.89. The summed E-state index contributed by atoms with van der Waals surface area (Å²) in [5.74, 6) is -0.710. The SMILES string of the molecule is CC(=O)Nc1cccc(-n2cc(F)ccc2=O)c1. The Bertz CT molecular complexity index is 649. The van der Waals surface area contributed by atoms with Crippen molar-refractivity contribution >= 4 is 11.6 Å². The number of halogens is 1. The van der Waals surface area contributed by atoms with Crippen molar-refractivity contribution in [2.24, 2.45) is 0 Å². The molecule has 0 atom stereocenters.